The highest BCUT2D eigenvalue weighted by Crippen LogP contribution is 2.30. The van der Waals surface area contributed by atoms with Gasteiger partial charge in [0.15, 0.2) is 17.5 Å². The van der Waals surface area contributed by atoms with Crippen molar-refractivity contribution in [3.05, 3.63) is 54.1 Å². The molecule has 0 radical (unpaired) electrons. The number of amides is 1. The van der Waals surface area contributed by atoms with Crippen LogP contribution in [0.2, 0.25) is 0 Å². The molecule has 1 heterocycles. The van der Waals surface area contributed by atoms with Gasteiger partial charge in [0.1, 0.15) is 12.7 Å². The maximum absolute atomic E-state index is 11.7. The Morgan fingerprint density at radius 2 is 1.83 bits per heavy atom. The highest BCUT2D eigenvalue weighted by molar-refractivity contribution is 14.0. The highest BCUT2D eigenvalue weighted by Gasteiger charge is 2.20. The summed E-state index contributed by atoms with van der Waals surface area (Å²) in [6.45, 7) is 3.68. The van der Waals surface area contributed by atoms with Gasteiger partial charge in [-0.15, -0.1) is 24.0 Å². The lowest BCUT2D eigenvalue weighted by atomic mass is 10.2. The number of hydrogen-bond acceptors (Lipinski definition) is 4. The first kappa shape index (κ1) is 23.8. The van der Waals surface area contributed by atoms with Crippen LogP contribution in [0.3, 0.4) is 0 Å². The molecule has 0 aromatic heterocycles. The summed E-state index contributed by atoms with van der Waals surface area (Å²) >= 11 is 0. The summed E-state index contributed by atoms with van der Waals surface area (Å²) in [4.78, 5) is 15.9. The van der Waals surface area contributed by atoms with Gasteiger partial charge >= 0.3 is 0 Å². The molecule has 3 N–H and O–H groups in total. The summed E-state index contributed by atoms with van der Waals surface area (Å²) in [7, 11) is 1.73. The monoisotopic (exact) mass is 524 g/mol. The van der Waals surface area contributed by atoms with Gasteiger partial charge in [-0.2, -0.15) is 0 Å². The molecule has 162 valence electrons. The second-order valence-corrected chi connectivity index (χ2v) is 6.80. The SMILES string of the molecule is CCCC(=O)Nc1ccc(CNC(=NC)NCC2COc3ccccc3O2)cc1.I. The van der Waals surface area contributed by atoms with Gasteiger partial charge in [-0.05, 0) is 36.2 Å². The molecule has 0 aliphatic carbocycles. The van der Waals surface area contributed by atoms with Gasteiger partial charge in [-0.3, -0.25) is 9.79 Å². The summed E-state index contributed by atoms with van der Waals surface area (Å²) in [6, 6.07) is 15.4. The fourth-order valence-corrected chi connectivity index (χ4v) is 2.94. The highest BCUT2D eigenvalue weighted by atomic mass is 127. The molecule has 8 heteroatoms. The second kappa shape index (κ2) is 12.3. The van der Waals surface area contributed by atoms with Crippen molar-refractivity contribution in [2.24, 2.45) is 4.99 Å². The van der Waals surface area contributed by atoms with Crippen LogP contribution in [0.5, 0.6) is 11.5 Å². The van der Waals surface area contributed by atoms with Crippen molar-refractivity contribution in [3.63, 3.8) is 0 Å². The van der Waals surface area contributed by atoms with Crippen molar-refractivity contribution < 1.29 is 14.3 Å². The number of anilines is 1. The third kappa shape index (κ3) is 7.08. The normalized spacial score (nSPS) is 15.0. The van der Waals surface area contributed by atoms with Crippen molar-refractivity contribution in [1.29, 1.82) is 0 Å². The molecule has 3 rings (SSSR count). The number of ether oxygens (including phenoxy) is 2. The molecular weight excluding hydrogens is 495 g/mol. The Hall–Kier alpha value is -2.49. The minimum Gasteiger partial charge on any atom is -0.486 e. The van der Waals surface area contributed by atoms with Crippen LogP contribution < -0.4 is 25.4 Å². The number of fused-ring (bicyclic) bond motifs is 1. The largest absolute Gasteiger partial charge is 0.486 e. The molecule has 0 bridgehead atoms. The molecule has 0 saturated carbocycles. The van der Waals surface area contributed by atoms with E-state index in [0.29, 0.717) is 32.1 Å². The summed E-state index contributed by atoms with van der Waals surface area (Å²) in [5.74, 6) is 2.27. The van der Waals surface area contributed by atoms with Crippen LogP contribution in [-0.2, 0) is 11.3 Å². The van der Waals surface area contributed by atoms with Crippen molar-refractivity contribution in [3.8, 4) is 11.5 Å². The zero-order chi connectivity index (χ0) is 20.5. The molecule has 1 aliphatic heterocycles. The molecule has 2 aromatic carbocycles. The summed E-state index contributed by atoms with van der Waals surface area (Å²) in [6.07, 6.45) is 1.28. The fourth-order valence-electron chi connectivity index (χ4n) is 2.94. The van der Waals surface area contributed by atoms with Crippen molar-refractivity contribution in [2.75, 3.05) is 25.5 Å². The number of para-hydroxylation sites is 2. The molecule has 0 fully saturated rings. The number of nitrogens with one attached hydrogen (secondary N) is 3. The number of aliphatic imine (C=N–C) groups is 1. The van der Waals surface area contributed by atoms with E-state index in [9.17, 15) is 4.79 Å². The first-order valence-corrected chi connectivity index (χ1v) is 9.89. The van der Waals surface area contributed by atoms with Gasteiger partial charge in [0.05, 0.1) is 6.54 Å². The number of carbonyl (C=O) groups is 1. The lowest BCUT2D eigenvalue weighted by molar-refractivity contribution is -0.116. The zero-order valence-corrected chi connectivity index (χ0v) is 19.6. The Morgan fingerprint density at radius 3 is 2.53 bits per heavy atom. The first-order valence-electron chi connectivity index (χ1n) is 9.89. The summed E-state index contributed by atoms with van der Waals surface area (Å²) in [5.41, 5.74) is 1.90. The Balaban J connectivity index is 0.00000320. The molecule has 2 aromatic rings. The third-order valence-corrected chi connectivity index (χ3v) is 4.46. The maximum atomic E-state index is 11.7. The smallest absolute Gasteiger partial charge is 0.224 e. The van der Waals surface area contributed by atoms with Gasteiger partial charge in [0.25, 0.3) is 0 Å². The van der Waals surface area contributed by atoms with Crippen LogP contribution in [0, 0.1) is 0 Å². The quantitative estimate of drug-likeness (QED) is 0.293. The van der Waals surface area contributed by atoms with E-state index in [1.807, 2.05) is 55.5 Å². The van der Waals surface area contributed by atoms with E-state index in [1.54, 1.807) is 7.05 Å². The molecule has 7 nitrogen and oxygen atoms in total. The number of hydrogen-bond donors (Lipinski definition) is 3. The molecule has 1 atom stereocenters. The fraction of sp³-hybridized carbons (Fsp3) is 0.364. The molecule has 0 saturated heterocycles. The van der Waals surface area contributed by atoms with Crippen molar-refractivity contribution in [1.82, 2.24) is 10.6 Å². The van der Waals surface area contributed by atoms with Crippen LogP contribution in [0.15, 0.2) is 53.5 Å². The molecule has 1 aliphatic rings. The Morgan fingerprint density at radius 1 is 1.10 bits per heavy atom. The number of carbonyl (C=O) groups excluding carboxylic acids is 1. The van der Waals surface area contributed by atoms with Gasteiger partial charge in [-0.1, -0.05) is 31.2 Å². The van der Waals surface area contributed by atoms with Crippen LogP contribution in [0.25, 0.3) is 0 Å². The molecule has 0 spiro atoms. The molecule has 1 amide bonds. The van der Waals surface area contributed by atoms with Gasteiger partial charge in [-0.25, -0.2) is 0 Å². The van der Waals surface area contributed by atoms with E-state index in [-0.39, 0.29) is 36.0 Å². The molecular formula is C22H29IN4O3. The zero-order valence-electron chi connectivity index (χ0n) is 17.3. The van der Waals surface area contributed by atoms with Crippen molar-refractivity contribution >= 4 is 41.5 Å². The number of benzene rings is 2. The van der Waals surface area contributed by atoms with E-state index in [4.69, 9.17) is 9.47 Å². The first-order chi connectivity index (χ1) is 14.2. The average molecular weight is 524 g/mol. The van der Waals surface area contributed by atoms with E-state index < -0.39 is 0 Å². The lowest BCUT2D eigenvalue weighted by Crippen LogP contribution is -2.45. The standard InChI is InChI=1S/C22H28N4O3.HI/c1-3-6-21(27)26-17-11-9-16(10-12-17)13-24-22(23-2)25-14-18-15-28-19-7-4-5-8-20(19)29-18;/h4-5,7-12,18H,3,6,13-15H2,1-2H3,(H,26,27)(H2,23,24,25);1H. The number of halogens is 1. The molecule has 30 heavy (non-hydrogen) atoms. The average Bonchev–Trinajstić information content (AvgIpc) is 2.75. The van der Waals surface area contributed by atoms with Gasteiger partial charge in [0.2, 0.25) is 5.91 Å². The van der Waals surface area contributed by atoms with E-state index in [0.717, 1.165) is 29.2 Å². The summed E-state index contributed by atoms with van der Waals surface area (Å²) < 4.78 is 11.7. The predicted molar refractivity (Wildman–Crippen MR) is 130 cm³/mol. The van der Waals surface area contributed by atoms with Crippen LogP contribution in [0.4, 0.5) is 5.69 Å². The van der Waals surface area contributed by atoms with Crippen LogP contribution in [-0.4, -0.2) is 38.2 Å². The molecule has 1 unspecified atom stereocenters. The second-order valence-electron chi connectivity index (χ2n) is 6.80. The predicted octanol–water partition coefficient (Wildman–Crippen LogP) is 3.55. The van der Waals surface area contributed by atoms with Gasteiger partial charge in [0, 0.05) is 25.7 Å². The van der Waals surface area contributed by atoms with Gasteiger partial charge < -0.3 is 25.4 Å². The van der Waals surface area contributed by atoms with E-state index in [2.05, 4.69) is 20.9 Å². The summed E-state index contributed by atoms with van der Waals surface area (Å²) in [5, 5.41) is 9.44. The van der Waals surface area contributed by atoms with E-state index in [1.165, 1.54) is 0 Å². The number of rotatable bonds is 7. The third-order valence-electron chi connectivity index (χ3n) is 4.46. The maximum Gasteiger partial charge on any atom is 0.224 e. The minimum absolute atomic E-state index is 0. The van der Waals surface area contributed by atoms with Crippen LogP contribution >= 0.6 is 24.0 Å². The Labute approximate surface area is 194 Å². The number of nitrogens with zero attached hydrogens (tertiary/aromatic N) is 1. The topological polar surface area (TPSA) is 84.0 Å². The Kier molecular flexibility index (Phi) is 9.72. The number of guanidine groups is 1. The Bertz CT molecular complexity index is 843. The van der Waals surface area contributed by atoms with Crippen LogP contribution in [0.1, 0.15) is 25.3 Å². The minimum atomic E-state index is -0.0885. The lowest BCUT2D eigenvalue weighted by Gasteiger charge is -2.27. The van der Waals surface area contributed by atoms with Crippen molar-refractivity contribution in [2.45, 2.75) is 32.4 Å². The van der Waals surface area contributed by atoms with E-state index >= 15 is 0 Å².